The molecule has 5 heteroatoms. The number of hydrogen-bond acceptors (Lipinski definition) is 3. The molecule has 16 heavy (non-hydrogen) atoms. The van der Waals surface area contributed by atoms with E-state index in [-0.39, 0.29) is 5.82 Å². The predicted octanol–water partition coefficient (Wildman–Crippen LogP) is 2.99. The summed E-state index contributed by atoms with van der Waals surface area (Å²) < 4.78 is 14.5. The van der Waals surface area contributed by atoms with E-state index >= 15 is 0 Å². The van der Waals surface area contributed by atoms with Crippen molar-refractivity contribution in [3.63, 3.8) is 0 Å². The lowest BCUT2D eigenvalue weighted by Crippen LogP contribution is -2.03. The molecule has 2 aromatic rings. The number of hydrogen-bond donors (Lipinski definition) is 2. The van der Waals surface area contributed by atoms with Crippen molar-refractivity contribution in [1.29, 1.82) is 0 Å². The van der Waals surface area contributed by atoms with Crippen LogP contribution in [-0.4, -0.2) is 11.5 Å². The van der Waals surface area contributed by atoms with Crippen LogP contribution in [0.15, 0.2) is 18.3 Å². The maximum absolute atomic E-state index is 13.7. The fourth-order valence-corrected chi connectivity index (χ4v) is 2.20. The molecule has 2 rings (SSSR count). The minimum Gasteiger partial charge on any atom is -0.396 e. The van der Waals surface area contributed by atoms with E-state index in [4.69, 9.17) is 5.73 Å². The average Bonchev–Trinajstić information content (AvgIpc) is 2.22. The zero-order chi connectivity index (χ0) is 11.7. The Morgan fingerprint density at radius 1 is 1.50 bits per heavy atom. The number of halogens is 2. The summed E-state index contributed by atoms with van der Waals surface area (Å²) in [6.07, 6.45) is 1.48. The summed E-state index contributed by atoms with van der Waals surface area (Å²) >= 11 is 2.07. The molecule has 0 aliphatic rings. The Hall–Kier alpha value is -1.11. The number of benzene rings is 1. The van der Waals surface area contributed by atoms with Gasteiger partial charge in [0.15, 0.2) is 5.82 Å². The SMILES string of the molecule is CCNc1c(N)cnc2c(F)cc(I)cc12. The number of nitrogens with zero attached hydrogens (tertiary/aromatic N) is 1. The van der Waals surface area contributed by atoms with E-state index in [1.54, 1.807) is 0 Å². The molecule has 0 saturated carbocycles. The summed E-state index contributed by atoms with van der Waals surface area (Å²) in [4.78, 5) is 4.02. The van der Waals surface area contributed by atoms with Crippen LogP contribution in [0.1, 0.15) is 6.92 Å². The molecule has 3 N–H and O–H groups in total. The van der Waals surface area contributed by atoms with E-state index in [0.717, 1.165) is 21.2 Å². The first-order valence-electron chi connectivity index (χ1n) is 4.90. The van der Waals surface area contributed by atoms with Crippen LogP contribution < -0.4 is 11.1 Å². The Labute approximate surface area is 106 Å². The predicted molar refractivity (Wildman–Crippen MR) is 73.0 cm³/mol. The Balaban J connectivity index is 2.80. The first-order chi connectivity index (χ1) is 7.63. The second-order valence-electron chi connectivity index (χ2n) is 3.40. The molecular formula is C11H11FIN3. The van der Waals surface area contributed by atoms with E-state index in [1.807, 2.05) is 13.0 Å². The summed E-state index contributed by atoms with van der Waals surface area (Å²) in [5, 5.41) is 3.87. The molecule has 0 saturated heterocycles. The van der Waals surface area contributed by atoms with Crippen molar-refractivity contribution < 1.29 is 4.39 Å². The number of fused-ring (bicyclic) bond motifs is 1. The third kappa shape index (κ3) is 1.91. The van der Waals surface area contributed by atoms with Crippen LogP contribution in [0.3, 0.4) is 0 Å². The van der Waals surface area contributed by atoms with Gasteiger partial charge in [-0.1, -0.05) is 0 Å². The molecule has 0 atom stereocenters. The van der Waals surface area contributed by atoms with Crippen LogP contribution >= 0.6 is 22.6 Å². The fourth-order valence-electron chi connectivity index (χ4n) is 1.62. The molecule has 0 aliphatic heterocycles. The van der Waals surface area contributed by atoms with Crippen LogP contribution in [-0.2, 0) is 0 Å². The summed E-state index contributed by atoms with van der Waals surface area (Å²) in [7, 11) is 0. The van der Waals surface area contributed by atoms with Crippen LogP contribution in [0.25, 0.3) is 10.9 Å². The number of anilines is 2. The molecule has 1 heterocycles. The summed E-state index contributed by atoms with van der Waals surface area (Å²) in [5.74, 6) is -0.318. The van der Waals surface area contributed by atoms with Gasteiger partial charge in [0.05, 0.1) is 17.6 Å². The quantitative estimate of drug-likeness (QED) is 0.832. The van der Waals surface area contributed by atoms with E-state index in [0.29, 0.717) is 11.2 Å². The zero-order valence-electron chi connectivity index (χ0n) is 8.72. The van der Waals surface area contributed by atoms with E-state index in [9.17, 15) is 4.39 Å². The number of nitrogens with one attached hydrogen (secondary N) is 1. The third-order valence-corrected chi connectivity index (χ3v) is 2.90. The third-order valence-electron chi connectivity index (χ3n) is 2.27. The lowest BCUT2D eigenvalue weighted by atomic mass is 10.1. The minimum absolute atomic E-state index is 0.318. The van der Waals surface area contributed by atoms with Gasteiger partial charge in [0.1, 0.15) is 5.52 Å². The lowest BCUT2D eigenvalue weighted by molar-refractivity contribution is 0.636. The second kappa shape index (κ2) is 4.40. The van der Waals surface area contributed by atoms with Crippen molar-refractivity contribution in [2.45, 2.75) is 6.92 Å². The number of nitrogens with two attached hydrogens (primary N) is 1. The smallest absolute Gasteiger partial charge is 0.150 e. The van der Waals surface area contributed by atoms with Gasteiger partial charge in [-0.25, -0.2) is 4.39 Å². The van der Waals surface area contributed by atoms with Gasteiger partial charge in [-0.3, -0.25) is 4.98 Å². The van der Waals surface area contributed by atoms with Crippen molar-refractivity contribution >= 4 is 44.9 Å². The van der Waals surface area contributed by atoms with Crippen molar-refractivity contribution in [3.05, 3.63) is 27.7 Å². The largest absolute Gasteiger partial charge is 0.396 e. The molecule has 0 fully saturated rings. The monoisotopic (exact) mass is 331 g/mol. The molecule has 84 valence electrons. The number of aromatic nitrogens is 1. The second-order valence-corrected chi connectivity index (χ2v) is 4.65. The van der Waals surface area contributed by atoms with Gasteiger partial charge < -0.3 is 11.1 Å². The highest BCUT2D eigenvalue weighted by molar-refractivity contribution is 14.1. The van der Waals surface area contributed by atoms with Crippen molar-refractivity contribution in [2.24, 2.45) is 0 Å². The van der Waals surface area contributed by atoms with Gasteiger partial charge in [0.25, 0.3) is 0 Å². The highest BCUT2D eigenvalue weighted by atomic mass is 127. The van der Waals surface area contributed by atoms with E-state index < -0.39 is 0 Å². The van der Waals surface area contributed by atoms with Gasteiger partial charge >= 0.3 is 0 Å². The summed E-state index contributed by atoms with van der Waals surface area (Å²) in [6, 6.07) is 3.34. The molecule has 1 aromatic carbocycles. The Bertz CT molecular complexity index is 542. The molecule has 1 aromatic heterocycles. The Kier molecular flexibility index (Phi) is 3.13. The lowest BCUT2D eigenvalue weighted by Gasteiger charge is -2.11. The normalized spacial score (nSPS) is 10.7. The molecule has 0 unspecified atom stereocenters. The van der Waals surface area contributed by atoms with Gasteiger partial charge in [-0.2, -0.15) is 0 Å². The summed E-state index contributed by atoms with van der Waals surface area (Å²) in [5.41, 5.74) is 7.47. The van der Waals surface area contributed by atoms with Crippen molar-refractivity contribution in [1.82, 2.24) is 4.98 Å². The van der Waals surface area contributed by atoms with Crippen molar-refractivity contribution in [2.75, 3.05) is 17.6 Å². The Morgan fingerprint density at radius 3 is 2.94 bits per heavy atom. The van der Waals surface area contributed by atoms with Gasteiger partial charge in [0.2, 0.25) is 0 Å². The Morgan fingerprint density at radius 2 is 2.25 bits per heavy atom. The van der Waals surface area contributed by atoms with Crippen LogP contribution in [0, 0.1) is 9.39 Å². The molecule has 0 amide bonds. The van der Waals surface area contributed by atoms with Gasteiger partial charge in [0, 0.05) is 15.5 Å². The van der Waals surface area contributed by atoms with E-state index in [2.05, 4.69) is 32.9 Å². The average molecular weight is 331 g/mol. The van der Waals surface area contributed by atoms with Gasteiger partial charge in [-0.05, 0) is 41.6 Å². The zero-order valence-corrected chi connectivity index (χ0v) is 10.9. The maximum atomic E-state index is 13.7. The summed E-state index contributed by atoms with van der Waals surface area (Å²) in [6.45, 7) is 2.70. The molecular weight excluding hydrogens is 320 g/mol. The molecule has 0 aliphatic carbocycles. The van der Waals surface area contributed by atoms with Crippen LogP contribution in [0.5, 0.6) is 0 Å². The topological polar surface area (TPSA) is 50.9 Å². The highest BCUT2D eigenvalue weighted by Gasteiger charge is 2.10. The minimum atomic E-state index is -0.318. The van der Waals surface area contributed by atoms with Gasteiger partial charge in [-0.15, -0.1) is 0 Å². The fraction of sp³-hybridized carbons (Fsp3) is 0.182. The molecule has 3 nitrogen and oxygen atoms in total. The van der Waals surface area contributed by atoms with E-state index in [1.165, 1.54) is 12.3 Å². The number of rotatable bonds is 2. The number of nitrogen functional groups attached to an aromatic ring is 1. The van der Waals surface area contributed by atoms with Crippen molar-refractivity contribution in [3.8, 4) is 0 Å². The van der Waals surface area contributed by atoms with Crippen LogP contribution in [0.4, 0.5) is 15.8 Å². The first-order valence-corrected chi connectivity index (χ1v) is 5.98. The first kappa shape index (κ1) is 11.4. The number of pyridine rings is 1. The standard InChI is InChI=1S/C11H11FIN3/c1-2-15-11-7-3-6(13)4-8(12)10(7)16-5-9(11)14/h3-5H,2,14H2,1H3,(H,15,16). The molecule has 0 bridgehead atoms. The highest BCUT2D eigenvalue weighted by Crippen LogP contribution is 2.30. The molecule has 0 spiro atoms. The maximum Gasteiger partial charge on any atom is 0.150 e. The molecule has 0 radical (unpaired) electrons. The van der Waals surface area contributed by atoms with Crippen LogP contribution in [0.2, 0.25) is 0 Å².